The standard InChI is InChI=1S/C21H41N9O4/c1-6-13(4)17(29-18(32)16(10-12(2)3)27-14(5)31)19(33)28-15(11-26-30-21(24)34)8-7-9-25-20(22)23/h11-13,15-17H,6-10H2,1-5H3,(H,27,31)(H,28,33)(H,29,32)(H4,22,23,25)(H3,24,30,34)/b26-11+/t13-,15-,16-,17-/m0/s1/i11+1. The molecule has 0 spiro atoms. The Morgan fingerprint density at radius 1 is 0.971 bits per heavy atom. The number of nitrogens with zero attached hydrogens (tertiary/aromatic N) is 2. The lowest BCUT2D eigenvalue weighted by molar-refractivity contribution is -0.133. The molecular weight excluding hydrogens is 443 g/mol. The lowest BCUT2D eigenvalue weighted by Gasteiger charge is -2.28. The molecule has 13 heteroatoms. The molecule has 0 saturated heterocycles. The molecule has 13 nitrogen and oxygen atoms in total. The molecule has 194 valence electrons. The van der Waals surface area contributed by atoms with Gasteiger partial charge in [0, 0.05) is 19.7 Å². The van der Waals surface area contributed by atoms with Crippen LogP contribution in [0.3, 0.4) is 0 Å². The maximum atomic E-state index is 13.1. The van der Waals surface area contributed by atoms with Crippen LogP contribution in [0.4, 0.5) is 4.79 Å². The quantitative estimate of drug-likeness (QED) is 0.0521. The van der Waals surface area contributed by atoms with Crippen LogP contribution in [-0.4, -0.2) is 60.6 Å². The van der Waals surface area contributed by atoms with Crippen molar-refractivity contribution in [3.05, 3.63) is 0 Å². The van der Waals surface area contributed by atoms with Crippen molar-refractivity contribution in [1.29, 1.82) is 0 Å². The van der Waals surface area contributed by atoms with E-state index in [1.807, 2.05) is 27.7 Å². The first-order valence-corrected chi connectivity index (χ1v) is 11.4. The Bertz CT molecular complexity index is 736. The van der Waals surface area contributed by atoms with E-state index >= 15 is 0 Å². The Morgan fingerprint density at radius 2 is 1.62 bits per heavy atom. The van der Waals surface area contributed by atoms with Gasteiger partial charge in [-0.2, -0.15) is 5.10 Å². The number of carbonyl (C=O) groups excluding carboxylic acids is 4. The first kappa shape index (κ1) is 30.6. The Hall–Kier alpha value is -3.38. The number of carbonyl (C=O) groups is 4. The van der Waals surface area contributed by atoms with E-state index in [-0.39, 0.29) is 23.7 Å². The van der Waals surface area contributed by atoms with Crippen LogP contribution in [0.1, 0.15) is 60.3 Å². The summed E-state index contributed by atoms with van der Waals surface area (Å²) in [5, 5.41) is 12.0. The molecule has 34 heavy (non-hydrogen) atoms. The molecule has 10 N–H and O–H groups in total. The average Bonchev–Trinajstić information content (AvgIpc) is 2.72. The second-order valence-corrected chi connectivity index (χ2v) is 8.57. The van der Waals surface area contributed by atoms with Crippen molar-refractivity contribution < 1.29 is 19.2 Å². The van der Waals surface area contributed by atoms with E-state index in [1.165, 1.54) is 13.1 Å². The minimum atomic E-state index is -0.848. The first-order chi connectivity index (χ1) is 15.9. The minimum Gasteiger partial charge on any atom is -0.370 e. The predicted molar refractivity (Wildman–Crippen MR) is 131 cm³/mol. The molecule has 0 aromatic rings. The summed E-state index contributed by atoms with van der Waals surface area (Å²) in [4.78, 5) is 52.4. The van der Waals surface area contributed by atoms with Gasteiger partial charge in [0.1, 0.15) is 12.1 Å². The average molecular weight is 485 g/mol. The molecule has 0 saturated carbocycles. The zero-order valence-electron chi connectivity index (χ0n) is 20.8. The summed E-state index contributed by atoms with van der Waals surface area (Å²) >= 11 is 0. The molecule has 0 rings (SSSR count). The van der Waals surface area contributed by atoms with Gasteiger partial charge in [-0.15, -0.1) is 0 Å². The fraction of sp³-hybridized carbons (Fsp3) is 0.714. The topological polar surface area (TPSA) is 219 Å². The molecule has 0 aliphatic carbocycles. The lowest BCUT2D eigenvalue weighted by atomic mass is 9.96. The summed E-state index contributed by atoms with van der Waals surface area (Å²) in [5.74, 6) is -1.27. The number of hydrogen-bond donors (Lipinski definition) is 7. The number of hydrogen-bond acceptors (Lipinski definition) is 6. The largest absolute Gasteiger partial charge is 0.370 e. The van der Waals surface area contributed by atoms with Crippen LogP contribution in [0.15, 0.2) is 10.1 Å². The molecule has 0 fully saturated rings. The maximum Gasteiger partial charge on any atom is 0.332 e. The van der Waals surface area contributed by atoms with Gasteiger partial charge in [0.05, 0.1) is 6.04 Å². The molecule has 0 heterocycles. The second-order valence-electron chi connectivity index (χ2n) is 8.57. The van der Waals surface area contributed by atoms with Gasteiger partial charge in [-0.25, -0.2) is 10.2 Å². The minimum absolute atomic E-state index is 0.0423. The van der Waals surface area contributed by atoms with Crippen LogP contribution in [0.25, 0.3) is 0 Å². The lowest BCUT2D eigenvalue weighted by Crippen LogP contribution is -2.57. The molecule has 0 radical (unpaired) electrons. The van der Waals surface area contributed by atoms with E-state index < -0.39 is 36.0 Å². The van der Waals surface area contributed by atoms with Crippen molar-refractivity contribution in [3.63, 3.8) is 0 Å². The Balaban J connectivity index is 5.50. The van der Waals surface area contributed by atoms with E-state index in [4.69, 9.17) is 17.2 Å². The first-order valence-electron chi connectivity index (χ1n) is 11.4. The van der Waals surface area contributed by atoms with E-state index in [0.717, 1.165) is 0 Å². The van der Waals surface area contributed by atoms with Crippen LogP contribution >= 0.6 is 0 Å². The normalized spacial score (nSPS) is 14.5. The van der Waals surface area contributed by atoms with Gasteiger partial charge in [-0.05, 0) is 31.1 Å². The summed E-state index contributed by atoms with van der Waals surface area (Å²) in [6.07, 6.45) is 3.33. The highest BCUT2D eigenvalue weighted by atomic mass is 16.2. The van der Waals surface area contributed by atoms with E-state index in [0.29, 0.717) is 32.2 Å². The summed E-state index contributed by atoms with van der Waals surface area (Å²) < 4.78 is 0. The number of guanidine groups is 1. The summed E-state index contributed by atoms with van der Waals surface area (Å²) in [6.45, 7) is 9.30. The maximum absolute atomic E-state index is 13.1. The Kier molecular flexibility index (Phi) is 14.6. The molecule has 0 bridgehead atoms. The van der Waals surface area contributed by atoms with Crippen molar-refractivity contribution in [2.24, 2.45) is 39.1 Å². The summed E-state index contributed by atoms with van der Waals surface area (Å²) in [6, 6.07) is -3.04. The third-order valence-corrected chi connectivity index (χ3v) is 4.92. The smallest absolute Gasteiger partial charge is 0.332 e. The van der Waals surface area contributed by atoms with Gasteiger partial charge in [0.2, 0.25) is 17.7 Å². The number of amides is 5. The van der Waals surface area contributed by atoms with Gasteiger partial charge >= 0.3 is 6.03 Å². The van der Waals surface area contributed by atoms with Gasteiger partial charge < -0.3 is 33.2 Å². The van der Waals surface area contributed by atoms with Gasteiger partial charge in [0.25, 0.3) is 0 Å². The number of nitrogens with two attached hydrogens (primary N) is 3. The highest BCUT2D eigenvalue weighted by molar-refractivity contribution is 5.92. The molecular formula is C21H41N9O4. The monoisotopic (exact) mass is 484 g/mol. The van der Waals surface area contributed by atoms with Crippen molar-refractivity contribution in [1.82, 2.24) is 21.4 Å². The van der Waals surface area contributed by atoms with Gasteiger partial charge in [-0.3, -0.25) is 19.4 Å². The number of nitrogens with one attached hydrogen (secondary N) is 4. The Labute approximate surface area is 201 Å². The molecule has 5 amide bonds. The molecule has 0 aromatic carbocycles. The third-order valence-electron chi connectivity index (χ3n) is 4.92. The van der Waals surface area contributed by atoms with Crippen LogP contribution < -0.4 is 38.6 Å². The number of aliphatic imine (C=N–C) groups is 1. The zero-order chi connectivity index (χ0) is 26.3. The SMILES string of the molecule is CC[C@H](C)[C@H](NC(=O)[C@H](CC(C)C)NC(C)=O)C(=O)N[C@@H](CCCN=C(N)N)/[13CH]=N/NC(N)=O. The molecule has 0 aliphatic heterocycles. The summed E-state index contributed by atoms with van der Waals surface area (Å²) in [5.41, 5.74) is 17.8. The number of rotatable bonds is 15. The predicted octanol–water partition coefficient (Wildman–Crippen LogP) is -0.739. The third kappa shape index (κ3) is 13.9. The van der Waals surface area contributed by atoms with Crippen molar-refractivity contribution in [2.75, 3.05) is 6.54 Å². The fourth-order valence-electron chi connectivity index (χ4n) is 3.07. The van der Waals surface area contributed by atoms with Crippen molar-refractivity contribution in [3.8, 4) is 0 Å². The summed E-state index contributed by atoms with van der Waals surface area (Å²) in [7, 11) is 0. The van der Waals surface area contributed by atoms with Crippen LogP contribution in [0.2, 0.25) is 0 Å². The fourth-order valence-corrected chi connectivity index (χ4v) is 3.07. The zero-order valence-corrected chi connectivity index (χ0v) is 20.8. The van der Waals surface area contributed by atoms with Crippen molar-refractivity contribution in [2.45, 2.75) is 78.4 Å². The second kappa shape index (κ2) is 16.3. The highest BCUT2D eigenvalue weighted by Crippen LogP contribution is 2.11. The molecule has 0 aliphatic rings. The number of hydrazone groups is 1. The van der Waals surface area contributed by atoms with Crippen molar-refractivity contribution >= 4 is 35.9 Å². The van der Waals surface area contributed by atoms with Crippen LogP contribution in [-0.2, 0) is 14.4 Å². The van der Waals surface area contributed by atoms with Crippen LogP contribution in [0, 0.1) is 11.8 Å². The highest BCUT2D eigenvalue weighted by Gasteiger charge is 2.30. The molecule has 0 unspecified atom stereocenters. The molecule has 4 atom stereocenters. The van der Waals surface area contributed by atoms with Gasteiger partial charge in [0.15, 0.2) is 5.96 Å². The number of urea groups is 1. The number of primary amides is 1. The van der Waals surface area contributed by atoms with E-state index in [1.54, 1.807) is 0 Å². The van der Waals surface area contributed by atoms with Gasteiger partial charge in [-0.1, -0.05) is 34.1 Å². The van der Waals surface area contributed by atoms with Crippen LogP contribution in [0.5, 0.6) is 0 Å². The Morgan fingerprint density at radius 3 is 2.12 bits per heavy atom. The molecule has 0 aromatic heterocycles. The van der Waals surface area contributed by atoms with E-state index in [9.17, 15) is 19.2 Å². The van der Waals surface area contributed by atoms with E-state index in [2.05, 4.69) is 31.5 Å².